The highest BCUT2D eigenvalue weighted by Crippen LogP contribution is 2.32. The molecule has 0 fully saturated rings. The normalized spacial score (nSPS) is 13.3. The minimum absolute atomic E-state index is 0.231. The van der Waals surface area contributed by atoms with Gasteiger partial charge in [-0.05, 0) is 48.4 Å². The van der Waals surface area contributed by atoms with Crippen molar-refractivity contribution in [2.75, 3.05) is 13.3 Å². The van der Waals surface area contributed by atoms with Gasteiger partial charge in [-0.1, -0.05) is 22.0 Å². The van der Waals surface area contributed by atoms with E-state index in [-0.39, 0.29) is 11.7 Å². The molecule has 5 nitrogen and oxygen atoms in total. The minimum Gasteiger partial charge on any atom is -0.454 e. The van der Waals surface area contributed by atoms with E-state index in [0.29, 0.717) is 18.7 Å². The molecule has 2 aromatic rings. The van der Waals surface area contributed by atoms with Crippen molar-refractivity contribution >= 4 is 26.0 Å². The summed E-state index contributed by atoms with van der Waals surface area (Å²) in [5.74, 6) is 1.42. The summed E-state index contributed by atoms with van der Waals surface area (Å²) in [6.07, 6.45) is 0.576. The van der Waals surface area contributed by atoms with Gasteiger partial charge in [0.25, 0.3) is 0 Å². The first-order valence-electron chi connectivity index (χ1n) is 6.68. The predicted octanol–water partition coefficient (Wildman–Crippen LogP) is 2.70. The lowest BCUT2D eigenvalue weighted by atomic mass is 10.1. The van der Waals surface area contributed by atoms with E-state index in [1.807, 2.05) is 18.2 Å². The van der Waals surface area contributed by atoms with Crippen molar-refractivity contribution in [3.63, 3.8) is 0 Å². The Morgan fingerprint density at radius 3 is 2.55 bits per heavy atom. The number of nitrogens with one attached hydrogen (secondary N) is 1. The number of halogens is 1. The molecule has 116 valence electrons. The average Bonchev–Trinajstić information content (AvgIpc) is 2.95. The van der Waals surface area contributed by atoms with Crippen LogP contribution in [0, 0.1) is 0 Å². The number of hydrogen-bond acceptors (Lipinski definition) is 4. The van der Waals surface area contributed by atoms with Gasteiger partial charge >= 0.3 is 0 Å². The van der Waals surface area contributed by atoms with Crippen molar-refractivity contribution in [3.8, 4) is 11.5 Å². The summed E-state index contributed by atoms with van der Waals surface area (Å²) in [5.41, 5.74) is 0.989. The molecule has 0 bridgehead atoms. The van der Waals surface area contributed by atoms with Crippen molar-refractivity contribution in [1.29, 1.82) is 0 Å². The lowest BCUT2D eigenvalue weighted by molar-refractivity contribution is 0.174. The number of fused-ring (bicyclic) bond motifs is 1. The predicted molar refractivity (Wildman–Crippen MR) is 85.6 cm³/mol. The standard InChI is InChI=1S/C15H14BrNO4S/c16-12-2-4-13(5-3-12)22(18,19)17-8-7-11-1-6-14-15(9-11)21-10-20-14/h1-6,9,17H,7-8,10H2. The SMILES string of the molecule is O=S(=O)(NCCc1ccc2c(c1)OCO2)c1ccc(Br)cc1. The van der Waals surface area contributed by atoms with Crippen LogP contribution in [0.4, 0.5) is 0 Å². The van der Waals surface area contributed by atoms with Gasteiger partial charge in [0.15, 0.2) is 11.5 Å². The van der Waals surface area contributed by atoms with Crippen molar-refractivity contribution in [2.45, 2.75) is 11.3 Å². The van der Waals surface area contributed by atoms with Crippen LogP contribution >= 0.6 is 15.9 Å². The van der Waals surface area contributed by atoms with Crippen LogP contribution in [0.2, 0.25) is 0 Å². The van der Waals surface area contributed by atoms with Crippen molar-refractivity contribution < 1.29 is 17.9 Å². The molecular formula is C15H14BrNO4S. The summed E-state index contributed by atoms with van der Waals surface area (Å²) in [7, 11) is -3.49. The van der Waals surface area contributed by atoms with Gasteiger partial charge < -0.3 is 9.47 Å². The van der Waals surface area contributed by atoms with Crippen LogP contribution in [0.25, 0.3) is 0 Å². The van der Waals surface area contributed by atoms with E-state index in [9.17, 15) is 8.42 Å². The second-order valence-corrected chi connectivity index (χ2v) is 7.47. The van der Waals surface area contributed by atoms with Crippen LogP contribution < -0.4 is 14.2 Å². The molecule has 0 spiro atoms. The third-order valence-corrected chi connectivity index (χ3v) is 5.27. The first-order chi connectivity index (χ1) is 10.5. The first-order valence-corrected chi connectivity index (χ1v) is 8.96. The van der Waals surface area contributed by atoms with E-state index in [2.05, 4.69) is 20.7 Å². The Morgan fingerprint density at radius 1 is 1.05 bits per heavy atom. The smallest absolute Gasteiger partial charge is 0.240 e. The van der Waals surface area contributed by atoms with Gasteiger partial charge in [0.2, 0.25) is 16.8 Å². The number of rotatable bonds is 5. The third-order valence-electron chi connectivity index (χ3n) is 3.27. The average molecular weight is 384 g/mol. The molecule has 0 saturated heterocycles. The summed E-state index contributed by atoms with van der Waals surface area (Å²) in [4.78, 5) is 0.251. The molecular weight excluding hydrogens is 370 g/mol. The Hall–Kier alpha value is -1.57. The molecule has 7 heteroatoms. The molecule has 22 heavy (non-hydrogen) atoms. The van der Waals surface area contributed by atoms with E-state index < -0.39 is 10.0 Å². The molecule has 1 aliphatic heterocycles. The van der Waals surface area contributed by atoms with Gasteiger partial charge in [0.05, 0.1) is 4.90 Å². The van der Waals surface area contributed by atoms with Crippen LogP contribution in [0.1, 0.15) is 5.56 Å². The molecule has 1 heterocycles. The van der Waals surface area contributed by atoms with Gasteiger partial charge in [-0.25, -0.2) is 13.1 Å². The molecule has 0 radical (unpaired) electrons. The highest BCUT2D eigenvalue weighted by Gasteiger charge is 2.15. The molecule has 2 aromatic carbocycles. The summed E-state index contributed by atoms with van der Waals surface area (Å²) < 4.78 is 38.3. The number of sulfonamides is 1. The molecule has 0 amide bonds. The van der Waals surface area contributed by atoms with Crippen molar-refractivity contribution in [3.05, 3.63) is 52.5 Å². The van der Waals surface area contributed by atoms with Crippen LogP contribution in [0.15, 0.2) is 51.8 Å². The lowest BCUT2D eigenvalue weighted by Crippen LogP contribution is -2.25. The number of benzene rings is 2. The zero-order valence-corrected chi connectivity index (χ0v) is 14.0. The highest BCUT2D eigenvalue weighted by atomic mass is 79.9. The molecule has 0 unspecified atom stereocenters. The zero-order valence-electron chi connectivity index (χ0n) is 11.6. The molecule has 0 atom stereocenters. The van der Waals surface area contributed by atoms with E-state index in [0.717, 1.165) is 15.8 Å². The van der Waals surface area contributed by atoms with Crippen LogP contribution in [0.5, 0.6) is 11.5 Å². The summed E-state index contributed by atoms with van der Waals surface area (Å²) in [5, 5.41) is 0. The maximum atomic E-state index is 12.1. The molecule has 3 rings (SSSR count). The Bertz CT molecular complexity index is 775. The second-order valence-electron chi connectivity index (χ2n) is 4.79. The van der Waals surface area contributed by atoms with E-state index >= 15 is 0 Å². The molecule has 1 N–H and O–H groups in total. The number of hydrogen-bond donors (Lipinski definition) is 1. The Balaban J connectivity index is 1.61. The van der Waals surface area contributed by atoms with Gasteiger partial charge in [0, 0.05) is 11.0 Å². The van der Waals surface area contributed by atoms with Crippen molar-refractivity contribution in [2.24, 2.45) is 0 Å². The van der Waals surface area contributed by atoms with Crippen molar-refractivity contribution in [1.82, 2.24) is 4.72 Å². The fourth-order valence-corrected chi connectivity index (χ4v) is 3.42. The van der Waals surface area contributed by atoms with Gasteiger partial charge in [-0.2, -0.15) is 0 Å². The van der Waals surface area contributed by atoms with Gasteiger partial charge in [-0.15, -0.1) is 0 Å². The quantitative estimate of drug-likeness (QED) is 0.861. The topological polar surface area (TPSA) is 64.6 Å². The summed E-state index contributed by atoms with van der Waals surface area (Å²) in [6, 6.07) is 12.1. The fraction of sp³-hybridized carbons (Fsp3) is 0.200. The van der Waals surface area contributed by atoms with Gasteiger partial charge in [-0.3, -0.25) is 0 Å². The third kappa shape index (κ3) is 3.43. The van der Waals surface area contributed by atoms with E-state index in [4.69, 9.17) is 9.47 Å². The molecule has 0 aliphatic carbocycles. The Morgan fingerprint density at radius 2 is 1.77 bits per heavy atom. The molecule has 0 aromatic heterocycles. The van der Waals surface area contributed by atoms with E-state index in [1.54, 1.807) is 24.3 Å². The van der Waals surface area contributed by atoms with Crippen LogP contribution in [-0.2, 0) is 16.4 Å². The second kappa shape index (κ2) is 6.28. The largest absolute Gasteiger partial charge is 0.454 e. The lowest BCUT2D eigenvalue weighted by Gasteiger charge is -2.07. The minimum atomic E-state index is -3.49. The zero-order chi connectivity index (χ0) is 15.6. The Labute approximate surface area is 137 Å². The van der Waals surface area contributed by atoms with E-state index in [1.165, 1.54) is 0 Å². The first kappa shape index (κ1) is 15.3. The van der Waals surface area contributed by atoms with Crippen LogP contribution in [-0.4, -0.2) is 21.8 Å². The van der Waals surface area contributed by atoms with Gasteiger partial charge in [0.1, 0.15) is 0 Å². The maximum absolute atomic E-state index is 12.1. The molecule has 0 saturated carbocycles. The highest BCUT2D eigenvalue weighted by molar-refractivity contribution is 9.10. The molecule has 1 aliphatic rings. The van der Waals surface area contributed by atoms with Crippen LogP contribution in [0.3, 0.4) is 0 Å². The summed E-state index contributed by atoms with van der Waals surface area (Å²) >= 11 is 3.28. The number of ether oxygens (including phenoxy) is 2. The summed E-state index contributed by atoms with van der Waals surface area (Å²) in [6.45, 7) is 0.549. The Kier molecular flexibility index (Phi) is 4.37. The fourth-order valence-electron chi connectivity index (χ4n) is 2.12. The maximum Gasteiger partial charge on any atom is 0.240 e. The monoisotopic (exact) mass is 383 g/mol.